The lowest BCUT2D eigenvalue weighted by Crippen LogP contribution is -2.62. The van der Waals surface area contributed by atoms with Gasteiger partial charge in [-0.3, -0.25) is 9.59 Å². The van der Waals surface area contributed by atoms with Gasteiger partial charge < -0.3 is 15.3 Å². The number of nitrogens with zero attached hydrogens (tertiary/aromatic N) is 1. The van der Waals surface area contributed by atoms with Crippen molar-refractivity contribution >= 4 is 29.1 Å². The molecule has 3 unspecified atom stereocenters. The van der Waals surface area contributed by atoms with Crippen LogP contribution in [0.3, 0.4) is 0 Å². The zero-order valence-corrected chi connectivity index (χ0v) is 20.7. The molecule has 5 nitrogen and oxygen atoms in total. The normalized spacial score (nSPS) is 33.4. The maximum Gasteiger partial charge on any atom is 0.228 e. The van der Waals surface area contributed by atoms with Crippen molar-refractivity contribution in [3.05, 3.63) is 64.7 Å². The standard InChI is InChI=1S/C29H33ClN2O3/c30-25-14-24(31-26(33)12-18-4-2-1-3-5-18)7-6-20(25)13-21-8-9-32(28(21)34)27-22-10-19-11-23(27)17-29(35,15-19)16-22/h1-7,14,19,21-23,27,35H,8-13,15-17H2,(H,31,33). The van der Waals surface area contributed by atoms with Gasteiger partial charge in [0.2, 0.25) is 11.8 Å². The zero-order chi connectivity index (χ0) is 24.2. The molecule has 2 N–H and O–H groups in total. The van der Waals surface area contributed by atoms with E-state index in [-0.39, 0.29) is 17.7 Å². The monoisotopic (exact) mass is 492 g/mol. The second kappa shape index (κ2) is 8.94. The Hall–Kier alpha value is -2.37. The Morgan fingerprint density at radius 2 is 1.83 bits per heavy atom. The molecule has 0 aromatic heterocycles. The van der Waals surface area contributed by atoms with Gasteiger partial charge in [-0.1, -0.05) is 48.0 Å². The molecule has 2 aromatic rings. The second-order valence-electron chi connectivity index (χ2n) is 11.4. The molecule has 4 aliphatic carbocycles. The number of likely N-dealkylation sites (tertiary alicyclic amines) is 1. The summed E-state index contributed by atoms with van der Waals surface area (Å²) < 4.78 is 0. The van der Waals surface area contributed by atoms with Crippen molar-refractivity contribution in [1.82, 2.24) is 4.90 Å². The van der Waals surface area contributed by atoms with Gasteiger partial charge in [0.25, 0.3) is 0 Å². The zero-order valence-electron chi connectivity index (χ0n) is 20.0. The number of hydrogen-bond acceptors (Lipinski definition) is 3. The summed E-state index contributed by atoms with van der Waals surface area (Å²) in [4.78, 5) is 28.0. The summed E-state index contributed by atoms with van der Waals surface area (Å²) >= 11 is 6.59. The molecule has 1 heterocycles. The summed E-state index contributed by atoms with van der Waals surface area (Å²) in [6, 6.07) is 15.6. The highest BCUT2D eigenvalue weighted by Gasteiger charge is 2.57. The van der Waals surface area contributed by atoms with Crippen molar-refractivity contribution in [2.45, 2.75) is 63.0 Å². The second-order valence-corrected chi connectivity index (χ2v) is 11.8. The summed E-state index contributed by atoms with van der Waals surface area (Å²) in [5.41, 5.74) is 2.12. The van der Waals surface area contributed by atoms with Gasteiger partial charge in [0.15, 0.2) is 0 Å². The van der Waals surface area contributed by atoms with Gasteiger partial charge in [-0.2, -0.15) is 0 Å². The van der Waals surface area contributed by atoms with Crippen molar-refractivity contribution in [1.29, 1.82) is 0 Å². The molecule has 0 spiro atoms. The van der Waals surface area contributed by atoms with E-state index < -0.39 is 5.60 Å². The minimum Gasteiger partial charge on any atom is -0.390 e. The van der Waals surface area contributed by atoms with Gasteiger partial charge in [-0.05, 0) is 86.0 Å². The van der Waals surface area contributed by atoms with E-state index in [1.165, 1.54) is 12.8 Å². The van der Waals surface area contributed by atoms with E-state index in [4.69, 9.17) is 11.6 Å². The Bertz CT molecular complexity index is 1120. The minimum absolute atomic E-state index is 0.0497. The van der Waals surface area contributed by atoms with Crippen molar-refractivity contribution in [3.8, 4) is 0 Å². The van der Waals surface area contributed by atoms with Crippen LogP contribution in [0.25, 0.3) is 0 Å². The molecule has 4 saturated carbocycles. The predicted molar refractivity (Wildman–Crippen MR) is 136 cm³/mol. The first-order valence-corrected chi connectivity index (χ1v) is 13.4. The summed E-state index contributed by atoms with van der Waals surface area (Å²) in [6.45, 7) is 0.815. The SMILES string of the molecule is O=C(Cc1ccccc1)Nc1ccc(CC2CCN(C3C4CC5CC3CC(O)(C5)C4)C2=O)c(Cl)c1. The number of nitrogens with one attached hydrogen (secondary N) is 1. The van der Waals surface area contributed by atoms with Crippen molar-refractivity contribution in [2.75, 3.05) is 11.9 Å². The maximum atomic E-state index is 13.5. The Morgan fingerprint density at radius 3 is 2.51 bits per heavy atom. The third-order valence-corrected chi connectivity index (χ3v) is 9.26. The highest BCUT2D eigenvalue weighted by Crippen LogP contribution is 2.57. The lowest BCUT2D eigenvalue weighted by Gasteiger charge is -2.59. The van der Waals surface area contributed by atoms with Gasteiger partial charge in [-0.25, -0.2) is 0 Å². The van der Waals surface area contributed by atoms with Gasteiger partial charge in [-0.15, -0.1) is 0 Å². The number of anilines is 1. The highest BCUT2D eigenvalue weighted by atomic mass is 35.5. The van der Waals surface area contributed by atoms with Crippen LogP contribution in [0.2, 0.25) is 5.02 Å². The van der Waals surface area contributed by atoms with Crippen LogP contribution in [0.4, 0.5) is 5.69 Å². The topological polar surface area (TPSA) is 69.6 Å². The number of amides is 2. The Kier molecular flexibility index (Phi) is 5.89. The molecular weight excluding hydrogens is 460 g/mol. The lowest BCUT2D eigenvalue weighted by molar-refractivity contribution is -0.168. The molecule has 184 valence electrons. The minimum atomic E-state index is -0.471. The lowest BCUT2D eigenvalue weighted by atomic mass is 9.52. The first-order valence-electron chi connectivity index (χ1n) is 13.0. The molecule has 1 aliphatic heterocycles. The molecule has 2 amide bonds. The maximum absolute atomic E-state index is 13.5. The first kappa shape index (κ1) is 23.1. The van der Waals surface area contributed by atoms with E-state index in [0.717, 1.165) is 43.4 Å². The Labute approximate surface area is 211 Å². The summed E-state index contributed by atoms with van der Waals surface area (Å²) in [5, 5.41) is 14.4. The predicted octanol–water partition coefficient (Wildman–Crippen LogP) is 4.85. The van der Waals surface area contributed by atoms with Crippen LogP contribution < -0.4 is 5.32 Å². The fourth-order valence-corrected chi connectivity index (χ4v) is 8.01. The van der Waals surface area contributed by atoms with E-state index >= 15 is 0 Å². The summed E-state index contributed by atoms with van der Waals surface area (Å²) in [7, 11) is 0. The Morgan fingerprint density at radius 1 is 1.09 bits per heavy atom. The smallest absolute Gasteiger partial charge is 0.228 e. The van der Waals surface area contributed by atoms with Gasteiger partial charge in [0.1, 0.15) is 0 Å². The number of benzene rings is 2. The van der Waals surface area contributed by atoms with Crippen LogP contribution in [0.5, 0.6) is 0 Å². The van der Waals surface area contributed by atoms with Crippen molar-refractivity contribution in [2.24, 2.45) is 23.7 Å². The number of aliphatic hydroxyl groups is 1. The van der Waals surface area contributed by atoms with Crippen LogP contribution in [0.1, 0.15) is 49.7 Å². The van der Waals surface area contributed by atoms with Crippen LogP contribution in [0.15, 0.2) is 48.5 Å². The fourth-order valence-electron chi connectivity index (χ4n) is 7.75. The first-order chi connectivity index (χ1) is 16.9. The number of carbonyl (C=O) groups is 2. The van der Waals surface area contributed by atoms with Crippen LogP contribution in [-0.4, -0.2) is 40.0 Å². The molecule has 7 rings (SSSR count). The van der Waals surface area contributed by atoms with Crippen LogP contribution >= 0.6 is 11.6 Å². The Balaban J connectivity index is 1.08. The van der Waals surface area contributed by atoms with Gasteiger partial charge >= 0.3 is 0 Å². The molecule has 2 aromatic carbocycles. The quantitative estimate of drug-likeness (QED) is 0.605. The van der Waals surface area contributed by atoms with Crippen LogP contribution in [-0.2, 0) is 22.4 Å². The molecule has 1 saturated heterocycles. The van der Waals surface area contributed by atoms with E-state index in [1.54, 1.807) is 6.07 Å². The highest BCUT2D eigenvalue weighted by molar-refractivity contribution is 6.31. The van der Waals surface area contributed by atoms with E-state index in [1.807, 2.05) is 42.5 Å². The molecule has 5 aliphatic rings. The number of halogens is 1. The number of hydrogen-bond donors (Lipinski definition) is 2. The number of rotatable bonds is 6. The average molecular weight is 493 g/mol. The number of carbonyl (C=O) groups excluding carboxylic acids is 2. The van der Waals surface area contributed by atoms with E-state index in [9.17, 15) is 14.7 Å². The van der Waals surface area contributed by atoms with E-state index in [0.29, 0.717) is 47.3 Å². The molecule has 5 fully saturated rings. The van der Waals surface area contributed by atoms with Crippen molar-refractivity contribution < 1.29 is 14.7 Å². The molecule has 6 heteroatoms. The third-order valence-electron chi connectivity index (χ3n) is 8.91. The largest absolute Gasteiger partial charge is 0.390 e. The molecule has 4 bridgehead atoms. The molecular formula is C29H33ClN2O3. The molecule has 35 heavy (non-hydrogen) atoms. The summed E-state index contributed by atoms with van der Waals surface area (Å²) in [5.74, 6) is 1.68. The molecule has 3 atom stereocenters. The van der Waals surface area contributed by atoms with E-state index in [2.05, 4.69) is 10.2 Å². The molecule has 0 radical (unpaired) electrons. The van der Waals surface area contributed by atoms with Gasteiger partial charge in [0, 0.05) is 29.2 Å². The van der Waals surface area contributed by atoms with Crippen LogP contribution in [0, 0.1) is 23.7 Å². The van der Waals surface area contributed by atoms with Crippen molar-refractivity contribution in [3.63, 3.8) is 0 Å². The van der Waals surface area contributed by atoms with Gasteiger partial charge in [0.05, 0.1) is 12.0 Å². The summed E-state index contributed by atoms with van der Waals surface area (Å²) in [6.07, 6.45) is 6.82. The fraction of sp³-hybridized carbons (Fsp3) is 0.517. The third kappa shape index (κ3) is 4.49. The average Bonchev–Trinajstić information content (AvgIpc) is 3.15.